The molecule has 2 rings (SSSR count). The summed E-state index contributed by atoms with van der Waals surface area (Å²) >= 11 is 0. The summed E-state index contributed by atoms with van der Waals surface area (Å²) in [6.07, 6.45) is 1.75. The van der Waals surface area contributed by atoms with E-state index in [1.165, 1.54) is 6.07 Å². The molecule has 0 saturated heterocycles. The van der Waals surface area contributed by atoms with Crippen molar-refractivity contribution < 1.29 is 4.74 Å². The molecular weight excluding hydrogens is 240 g/mol. The van der Waals surface area contributed by atoms with Crippen LogP contribution in [0.4, 0.5) is 5.69 Å². The molecule has 4 heteroatoms. The maximum atomic E-state index is 11.5. The Morgan fingerprint density at radius 1 is 1.26 bits per heavy atom. The molecule has 0 aliphatic rings. The van der Waals surface area contributed by atoms with Crippen molar-refractivity contribution in [3.63, 3.8) is 0 Å². The Morgan fingerprint density at radius 2 is 2.05 bits per heavy atom. The molecule has 19 heavy (non-hydrogen) atoms. The number of ether oxygens (including phenoxy) is 1. The maximum absolute atomic E-state index is 11.5. The highest BCUT2D eigenvalue weighted by Gasteiger charge is 2.05. The number of anilines is 1. The molecule has 0 atom stereocenters. The predicted octanol–water partition coefficient (Wildman–Crippen LogP) is 2.13. The van der Waals surface area contributed by atoms with E-state index in [0.717, 1.165) is 11.1 Å². The number of hydrogen-bond donors (Lipinski definition) is 1. The van der Waals surface area contributed by atoms with Gasteiger partial charge in [-0.3, -0.25) is 4.79 Å². The molecule has 0 spiro atoms. The second kappa shape index (κ2) is 5.61. The van der Waals surface area contributed by atoms with Crippen LogP contribution in [0.15, 0.2) is 41.3 Å². The minimum atomic E-state index is -0.0281. The molecule has 1 heterocycles. The Balaban J connectivity index is 2.04. The van der Waals surface area contributed by atoms with Crippen LogP contribution in [0.3, 0.4) is 0 Å². The molecule has 0 radical (unpaired) electrons. The molecule has 0 aliphatic carbocycles. The lowest BCUT2D eigenvalue weighted by atomic mass is 10.1. The van der Waals surface area contributed by atoms with Gasteiger partial charge in [0.15, 0.2) is 0 Å². The number of nitrogens with zero attached hydrogens (tertiary/aromatic N) is 1. The monoisotopic (exact) mass is 258 g/mol. The highest BCUT2D eigenvalue weighted by atomic mass is 16.5. The molecule has 2 aromatic rings. The van der Waals surface area contributed by atoms with Gasteiger partial charge < -0.3 is 15.0 Å². The summed E-state index contributed by atoms with van der Waals surface area (Å²) in [5.41, 5.74) is 8.67. The lowest BCUT2D eigenvalue weighted by molar-refractivity contribution is 0.296. The van der Waals surface area contributed by atoms with Crippen LogP contribution >= 0.6 is 0 Å². The first-order chi connectivity index (χ1) is 9.08. The van der Waals surface area contributed by atoms with Crippen LogP contribution in [0.1, 0.15) is 11.1 Å². The second-order valence-corrected chi connectivity index (χ2v) is 4.58. The largest absolute Gasteiger partial charge is 0.489 e. The van der Waals surface area contributed by atoms with Crippen molar-refractivity contribution in [2.45, 2.75) is 20.4 Å². The van der Waals surface area contributed by atoms with E-state index in [-0.39, 0.29) is 5.56 Å². The summed E-state index contributed by atoms with van der Waals surface area (Å²) < 4.78 is 7.31. The summed E-state index contributed by atoms with van der Waals surface area (Å²) in [4.78, 5) is 11.5. The van der Waals surface area contributed by atoms with E-state index >= 15 is 0 Å². The third kappa shape index (κ3) is 3.16. The zero-order valence-electron chi connectivity index (χ0n) is 11.2. The van der Waals surface area contributed by atoms with Gasteiger partial charge in [0.05, 0.1) is 12.2 Å². The molecule has 0 aliphatic heterocycles. The molecule has 0 unspecified atom stereocenters. The number of nitrogen functional groups attached to an aromatic ring is 1. The topological polar surface area (TPSA) is 57.2 Å². The Morgan fingerprint density at radius 3 is 2.74 bits per heavy atom. The minimum Gasteiger partial charge on any atom is -0.489 e. The third-order valence-corrected chi connectivity index (χ3v) is 2.93. The molecule has 0 amide bonds. The minimum absolute atomic E-state index is 0.0281. The molecule has 0 fully saturated rings. The van der Waals surface area contributed by atoms with Gasteiger partial charge in [0.25, 0.3) is 5.56 Å². The average molecular weight is 258 g/mol. The Kier molecular flexibility index (Phi) is 3.90. The molecule has 0 bridgehead atoms. The van der Waals surface area contributed by atoms with Gasteiger partial charge in [-0.15, -0.1) is 0 Å². The van der Waals surface area contributed by atoms with Crippen molar-refractivity contribution in [1.82, 2.24) is 4.57 Å². The Hall–Kier alpha value is -2.23. The number of pyridine rings is 1. The van der Waals surface area contributed by atoms with E-state index in [0.29, 0.717) is 24.6 Å². The third-order valence-electron chi connectivity index (χ3n) is 2.93. The maximum Gasteiger partial charge on any atom is 0.250 e. The van der Waals surface area contributed by atoms with Crippen molar-refractivity contribution >= 4 is 5.69 Å². The van der Waals surface area contributed by atoms with Crippen LogP contribution in [-0.2, 0) is 6.54 Å². The van der Waals surface area contributed by atoms with E-state index in [2.05, 4.69) is 0 Å². The van der Waals surface area contributed by atoms with Crippen LogP contribution in [0.5, 0.6) is 5.75 Å². The zero-order chi connectivity index (χ0) is 13.8. The first-order valence-corrected chi connectivity index (χ1v) is 6.23. The number of benzene rings is 1. The van der Waals surface area contributed by atoms with E-state index in [4.69, 9.17) is 10.5 Å². The number of aryl methyl sites for hydroxylation is 2. The highest BCUT2D eigenvalue weighted by molar-refractivity contribution is 5.58. The first kappa shape index (κ1) is 13.2. The predicted molar refractivity (Wildman–Crippen MR) is 76.5 cm³/mol. The van der Waals surface area contributed by atoms with Gasteiger partial charge >= 0.3 is 0 Å². The van der Waals surface area contributed by atoms with E-state index in [1.807, 2.05) is 32.0 Å². The van der Waals surface area contributed by atoms with Gasteiger partial charge in [0.1, 0.15) is 12.4 Å². The van der Waals surface area contributed by atoms with Gasteiger partial charge in [-0.2, -0.15) is 0 Å². The van der Waals surface area contributed by atoms with Gasteiger partial charge in [-0.25, -0.2) is 0 Å². The van der Waals surface area contributed by atoms with Crippen LogP contribution in [0.2, 0.25) is 0 Å². The van der Waals surface area contributed by atoms with Crippen molar-refractivity contribution in [3.8, 4) is 5.75 Å². The quantitative estimate of drug-likeness (QED) is 0.855. The summed E-state index contributed by atoms with van der Waals surface area (Å²) in [5.74, 6) is 0.703. The van der Waals surface area contributed by atoms with Crippen molar-refractivity contribution in [2.75, 3.05) is 12.3 Å². The smallest absolute Gasteiger partial charge is 0.250 e. The standard InChI is InChI=1S/C15H18N2O2/c1-11-9-12(2)15(13(16)10-11)19-8-7-17-6-4-3-5-14(17)18/h3-6,9-10H,7-8,16H2,1-2H3. The normalized spacial score (nSPS) is 10.4. The molecular formula is C15H18N2O2. The molecule has 0 saturated carbocycles. The fourth-order valence-electron chi connectivity index (χ4n) is 2.08. The SMILES string of the molecule is Cc1cc(C)c(OCCn2ccccc2=O)c(N)c1. The van der Waals surface area contributed by atoms with Crippen LogP contribution < -0.4 is 16.0 Å². The van der Waals surface area contributed by atoms with E-state index in [9.17, 15) is 4.79 Å². The molecule has 100 valence electrons. The molecule has 4 nitrogen and oxygen atoms in total. The van der Waals surface area contributed by atoms with Gasteiger partial charge in [0.2, 0.25) is 0 Å². The average Bonchev–Trinajstić information content (AvgIpc) is 2.34. The fraction of sp³-hybridized carbons (Fsp3) is 0.267. The van der Waals surface area contributed by atoms with Gasteiger partial charge in [0, 0.05) is 12.3 Å². The van der Waals surface area contributed by atoms with E-state index in [1.54, 1.807) is 16.8 Å². The fourth-order valence-corrected chi connectivity index (χ4v) is 2.08. The summed E-state index contributed by atoms with van der Waals surface area (Å²) in [6, 6.07) is 9.00. The first-order valence-electron chi connectivity index (χ1n) is 6.23. The van der Waals surface area contributed by atoms with Crippen molar-refractivity contribution in [1.29, 1.82) is 0 Å². The van der Waals surface area contributed by atoms with Crippen molar-refractivity contribution in [3.05, 3.63) is 58.0 Å². The van der Waals surface area contributed by atoms with Crippen LogP contribution in [0, 0.1) is 13.8 Å². The van der Waals surface area contributed by atoms with Gasteiger partial charge in [-0.05, 0) is 37.1 Å². The molecule has 2 N–H and O–H groups in total. The summed E-state index contributed by atoms with van der Waals surface area (Å²) in [7, 11) is 0. The Bertz CT molecular complexity index is 609. The lowest BCUT2D eigenvalue weighted by Gasteiger charge is -2.13. The van der Waals surface area contributed by atoms with Crippen molar-refractivity contribution in [2.24, 2.45) is 0 Å². The molecule has 1 aromatic carbocycles. The number of hydrogen-bond acceptors (Lipinski definition) is 3. The van der Waals surface area contributed by atoms with Crippen LogP contribution in [0.25, 0.3) is 0 Å². The van der Waals surface area contributed by atoms with Crippen LogP contribution in [-0.4, -0.2) is 11.2 Å². The summed E-state index contributed by atoms with van der Waals surface area (Å²) in [5, 5.41) is 0. The molecule has 1 aromatic heterocycles. The summed E-state index contributed by atoms with van der Waals surface area (Å²) in [6.45, 7) is 4.88. The van der Waals surface area contributed by atoms with Gasteiger partial charge in [-0.1, -0.05) is 12.1 Å². The second-order valence-electron chi connectivity index (χ2n) is 4.58. The zero-order valence-corrected chi connectivity index (χ0v) is 11.2. The Labute approximate surface area is 112 Å². The van der Waals surface area contributed by atoms with E-state index < -0.39 is 0 Å². The lowest BCUT2D eigenvalue weighted by Crippen LogP contribution is -2.21. The number of rotatable bonds is 4. The number of aromatic nitrogens is 1. The number of nitrogens with two attached hydrogens (primary N) is 1. The highest BCUT2D eigenvalue weighted by Crippen LogP contribution is 2.27.